The fraction of sp³-hybridized carbons (Fsp3) is 1.00. The molecule has 0 aromatic heterocycles. The Bertz CT molecular complexity index is 137. The van der Waals surface area contributed by atoms with Crippen LogP contribution in [0.5, 0.6) is 0 Å². The molecule has 0 aromatic rings. The Kier molecular flexibility index (Phi) is 2.66. The molecule has 2 aliphatic heterocycles. The summed E-state index contributed by atoms with van der Waals surface area (Å²) in [5.74, 6) is 0. The third kappa shape index (κ3) is 1.80. The van der Waals surface area contributed by atoms with E-state index in [1.807, 2.05) is 0 Å². The van der Waals surface area contributed by atoms with Gasteiger partial charge in [-0.05, 0) is 32.1 Å². The second-order valence-corrected chi connectivity index (χ2v) is 4.10. The summed E-state index contributed by atoms with van der Waals surface area (Å²) in [4.78, 5) is 0. The number of fused-ring (bicyclic) bond motifs is 2. The van der Waals surface area contributed by atoms with Gasteiger partial charge in [-0.3, -0.25) is 0 Å². The predicted octanol–water partition coefficient (Wildman–Crippen LogP) is 1.70. The molecule has 2 aliphatic rings. The van der Waals surface area contributed by atoms with Crippen LogP contribution in [0, 0.1) is 0 Å². The van der Waals surface area contributed by atoms with E-state index in [0.29, 0.717) is 6.10 Å². The second-order valence-electron chi connectivity index (χ2n) is 4.10. The van der Waals surface area contributed by atoms with Gasteiger partial charge in [0.15, 0.2) is 0 Å². The first-order valence-electron chi connectivity index (χ1n) is 5.26. The van der Waals surface area contributed by atoms with Gasteiger partial charge in [-0.1, -0.05) is 6.92 Å². The van der Waals surface area contributed by atoms with Crippen LogP contribution >= 0.6 is 0 Å². The normalized spacial score (nSPS) is 40.2. The summed E-state index contributed by atoms with van der Waals surface area (Å²) >= 11 is 0. The summed E-state index contributed by atoms with van der Waals surface area (Å²) in [5, 5.41) is 3.62. The van der Waals surface area contributed by atoms with Crippen molar-refractivity contribution >= 4 is 0 Å². The Morgan fingerprint density at radius 3 is 2.50 bits per heavy atom. The maximum absolute atomic E-state index is 5.77. The highest BCUT2D eigenvalue weighted by Crippen LogP contribution is 2.28. The first kappa shape index (κ1) is 8.52. The molecule has 1 N–H and O–H groups in total. The van der Waals surface area contributed by atoms with E-state index < -0.39 is 0 Å². The van der Waals surface area contributed by atoms with Gasteiger partial charge >= 0.3 is 0 Å². The van der Waals surface area contributed by atoms with E-state index in [1.165, 1.54) is 25.7 Å². The van der Waals surface area contributed by atoms with Gasteiger partial charge in [0.05, 0.1) is 6.10 Å². The third-order valence-corrected chi connectivity index (χ3v) is 2.99. The molecule has 2 rings (SSSR count). The van der Waals surface area contributed by atoms with Gasteiger partial charge in [0.25, 0.3) is 0 Å². The molecule has 2 heteroatoms. The van der Waals surface area contributed by atoms with Crippen molar-refractivity contribution in [1.29, 1.82) is 0 Å². The minimum absolute atomic E-state index is 0.559. The highest BCUT2D eigenvalue weighted by Gasteiger charge is 2.33. The predicted molar refractivity (Wildman–Crippen MR) is 49.2 cm³/mol. The third-order valence-electron chi connectivity index (χ3n) is 2.99. The molecule has 0 aromatic carbocycles. The molecule has 3 atom stereocenters. The average molecular weight is 169 g/mol. The van der Waals surface area contributed by atoms with Crippen LogP contribution in [0.3, 0.4) is 0 Å². The van der Waals surface area contributed by atoms with Crippen LogP contribution in [-0.4, -0.2) is 24.8 Å². The van der Waals surface area contributed by atoms with Crippen LogP contribution in [0.1, 0.15) is 39.0 Å². The maximum atomic E-state index is 5.77. The molecular formula is C10H19NO. The summed E-state index contributed by atoms with van der Waals surface area (Å²) in [7, 11) is 0. The Balaban J connectivity index is 1.78. The molecule has 0 spiro atoms. The van der Waals surface area contributed by atoms with Crippen LogP contribution in [0.4, 0.5) is 0 Å². The smallest absolute Gasteiger partial charge is 0.0604 e. The number of nitrogens with one attached hydrogen (secondary N) is 1. The first-order chi connectivity index (χ1) is 5.88. The van der Waals surface area contributed by atoms with Crippen molar-refractivity contribution in [2.45, 2.75) is 57.2 Å². The molecule has 0 aliphatic carbocycles. The van der Waals surface area contributed by atoms with Crippen LogP contribution in [0.2, 0.25) is 0 Å². The van der Waals surface area contributed by atoms with Gasteiger partial charge in [-0.15, -0.1) is 0 Å². The highest BCUT2D eigenvalue weighted by atomic mass is 16.5. The molecule has 2 nitrogen and oxygen atoms in total. The van der Waals surface area contributed by atoms with Crippen molar-refractivity contribution in [3.8, 4) is 0 Å². The Labute approximate surface area is 74.7 Å². The zero-order valence-corrected chi connectivity index (χ0v) is 7.88. The summed E-state index contributed by atoms with van der Waals surface area (Å²) in [6, 6.07) is 1.54. The van der Waals surface area contributed by atoms with E-state index >= 15 is 0 Å². The molecule has 1 unspecified atom stereocenters. The van der Waals surface area contributed by atoms with E-state index in [9.17, 15) is 0 Å². The molecule has 0 saturated carbocycles. The minimum atomic E-state index is 0.559. The molecule has 0 amide bonds. The average Bonchev–Trinajstić information content (AvgIpc) is 2.42. The van der Waals surface area contributed by atoms with E-state index in [1.54, 1.807) is 0 Å². The van der Waals surface area contributed by atoms with Crippen molar-refractivity contribution < 1.29 is 4.74 Å². The van der Waals surface area contributed by atoms with Crippen molar-refractivity contribution in [3.05, 3.63) is 0 Å². The molecule has 0 radical (unpaired) electrons. The summed E-state index contributed by atoms with van der Waals surface area (Å²) in [5.41, 5.74) is 0. The van der Waals surface area contributed by atoms with Gasteiger partial charge in [-0.2, -0.15) is 0 Å². The largest absolute Gasteiger partial charge is 0.378 e. The van der Waals surface area contributed by atoms with E-state index in [0.717, 1.165) is 25.1 Å². The molecule has 2 saturated heterocycles. The van der Waals surface area contributed by atoms with E-state index in [-0.39, 0.29) is 0 Å². The van der Waals surface area contributed by atoms with Gasteiger partial charge in [0.2, 0.25) is 0 Å². The standard InChI is InChI=1S/C10H19NO/c1-2-5-12-10-6-8-3-4-9(7-10)11-8/h8-11H,2-7H2,1H3/t8-,9+,10?. The lowest BCUT2D eigenvalue weighted by molar-refractivity contribution is 0.0207. The molecule has 2 bridgehead atoms. The fourth-order valence-corrected chi connectivity index (χ4v) is 2.43. The monoisotopic (exact) mass is 169 g/mol. The first-order valence-corrected chi connectivity index (χ1v) is 5.26. The molecule has 70 valence electrons. The lowest BCUT2D eigenvalue weighted by Gasteiger charge is -2.28. The number of piperidine rings is 1. The summed E-state index contributed by atoms with van der Waals surface area (Å²) in [6.07, 6.45) is 6.95. The zero-order chi connectivity index (χ0) is 8.39. The lowest BCUT2D eigenvalue weighted by Crippen LogP contribution is -2.41. The van der Waals surface area contributed by atoms with Crippen molar-refractivity contribution in [2.24, 2.45) is 0 Å². The van der Waals surface area contributed by atoms with Crippen LogP contribution < -0.4 is 5.32 Å². The van der Waals surface area contributed by atoms with Gasteiger partial charge in [0.1, 0.15) is 0 Å². The van der Waals surface area contributed by atoms with E-state index in [2.05, 4.69) is 12.2 Å². The number of hydrogen-bond donors (Lipinski definition) is 1. The Hall–Kier alpha value is -0.0800. The topological polar surface area (TPSA) is 21.3 Å². The fourth-order valence-electron chi connectivity index (χ4n) is 2.43. The minimum Gasteiger partial charge on any atom is -0.378 e. The number of ether oxygens (including phenoxy) is 1. The Morgan fingerprint density at radius 2 is 1.92 bits per heavy atom. The molecular weight excluding hydrogens is 150 g/mol. The van der Waals surface area contributed by atoms with Crippen molar-refractivity contribution in [1.82, 2.24) is 5.32 Å². The van der Waals surface area contributed by atoms with Gasteiger partial charge < -0.3 is 10.1 Å². The molecule has 2 fully saturated rings. The SMILES string of the molecule is CCCOC1C[C@H]2CC[C@@H](C1)N2. The van der Waals surface area contributed by atoms with Crippen molar-refractivity contribution in [3.63, 3.8) is 0 Å². The van der Waals surface area contributed by atoms with Gasteiger partial charge in [-0.25, -0.2) is 0 Å². The summed E-state index contributed by atoms with van der Waals surface area (Å²) < 4.78 is 5.77. The highest BCUT2D eigenvalue weighted by molar-refractivity contribution is 4.92. The van der Waals surface area contributed by atoms with Crippen molar-refractivity contribution in [2.75, 3.05) is 6.61 Å². The number of hydrogen-bond acceptors (Lipinski definition) is 2. The lowest BCUT2D eigenvalue weighted by atomic mass is 10.0. The number of rotatable bonds is 3. The van der Waals surface area contributed by atoms with Crippen LogP contribution in [0.25, 0.3) is 0 Å². The van der Waals surface area contributed by atoms with Crippen LogP contribution in [0.15, 0.2) is 0 Å². The quantitative estimate of drug-likeness (QED) is 0.694. The zero-order valence-electron chi connectivity index (χ0n) is 7.88. The van der Waals surface area contributed by atoms with Gasteiger partial charge in [0, 0.05) is 18.7 Å². The molecule has 2 heterocycles. The summed E-state index contributed by atoms with van der Waals surface area (Å²) in [6.45, 7) is 3.12. The van der Waals surface area contributed by atoms with Crippen LogP contribution in [-0.2, 0) is 4.74 Å². The maximum Gasteiger partial charge on any atom is 0.0604 e. The molecule has 12 heavy (non-hydrogen) atoms. The van der Waals surface area contributed by atoms with E-state index in [4.69, 9.17) is 4.74 Å². The second kappa shape index (κ2) is 3.75. The Morgan fingerprint density at radius 1 is 1.25 bits per heavy atom.